The lowest BCUT2D eigenvalue weighted by atomic mass is 10.0. The van der Waals surface area contributed by atoms with Crippen molar-refractivity contribution < 1.29 is 4.74 Å². The molecule has 3 nitrogen and oxygen atoms in total. The molecule has 0 aliphatic carbocycles. The molecule has 0 radical (unpaired) electrons. The van der Waals surface area contributed by atoms with Crippen LogP contribution in [0, 0.1) is 5.21 Å². The second-order valence-corrected chi connectivity index (χ2v) is 5.92. The smallest absolute Gasteiger partial charge is 0.209 e. The van der Waals surface area contributed by atoms with Crippen molar-refractivity contribution in [2.45, 2.75) is 64.5 Å². The summed E-state index contributed by atoms with van der Waals surface area (Å²) < 4.78 is 1.19. The van der Waals surface area contributed by atoms with E-state index in [4.69, 9.17) is 0 Å². The molecular formula is C12H20N2O. The van der Waals surface area contributed by atoms with E-state index >= 15 is 0 Å². The van der Waals surface area contributed by atoms with E-state index in [0.717, 1.165) is 37.1 Å². The van der Waals surface area contributed by atoms with E-state index in [1.165, 1.54) is 4.74 Å². The molecule has 3 heteroatoms. The average molecular weight is 208 g/mol. The molecule has 0 aromatic rings. The van der Waals surface area contributed by atoms with Gasteiger partial charge in [0.1, 0.15) is 5.71 Å². The van der Waals surface area contributed by atoms with Gasteiger partial charge < -0.3 is 5.21 Å². The van der Waals surface area contributed by atoms with Gasteiger partial charge in [-0.25, -0.2) is 4.74 Å². The second kappa shape index (κ2) is 3.06. The Morgan fingerprint density at radius 2 is 1.80 bits per heavy atom. The van der Waals surface area contributed by atoms with Gasteiger partial charge in [-0.05, 0) is 26.7 Å². The molecule has 0 fully saturated rings. The number of aliphatic imine (C=N–C) groups is 1. The second-order valence-electron chi connectivity index (χ2n) is 5.92. The molecule has 0 atom stereocenters. The highest BCUT2D eigenvalue weighted by molar-refractivity contribution is 6.41. The van der Waals surface area contributed by atoms with Crippen molar-refractivity contribution in [1.29, 1.82) is 0 Å². The Morgan fingerprint density at radius 1 is 1.13 bits per heavy atom. The average Bonchev–Trinajstić information content (AvgIpc) is 2.56. The summed E-state index contributed by atoms with van der Waals surface area (Å²) in [6, 6.07) is 0. The minimum atomic E-state index is -0.232. The van der Waals surface area contributed by atoms with E-state index < -0.39 is 0 Å². The molecule has 0 amide bonds. The summed E-state index contributed by atoms with van der Waals surface area (Å²) in [5.74, 6) is 0. The van der Waals surface area contributed by atoms with Crippen LogP contribution in [0.4, 0.5) is 0 Å². The summed E-state index contributed by atoms with van der Waals surface area (Å²) in [4.78, 5) is 4.66. The fourth-order valence-corrected chi connectivity index (χ4v) is 2.36. The summed E-state index contributed by atoms with van der Waals surface area (Å²) in [6.07, 6.45) is 3.88. The van der Waals surface area contributed by atoms with Gasteiger partial charge in [-0.2, -0.15) is 0 Å². The van der Waals surface area contributed by atoms with Crippen molar-refractivity contribution in [1.82, 2.24) is 0 Å². The van der Waals surface area contributed by atoms with Crippen LogP contribution in [0.1, 0.15) is 53.4 Å². The lowest BCUT2D eigenvalue weighted by molar-refractivity contribution is -0.529. The van der Waals surface area contributed by atoms with E-state index in [2.05, 4.69) is 18.8 Å². The van der Waals surface area contributed by atoms with Gasteiger partial charge in [0, 0.05) is 26.7 Å². The molecule has 2 heterocycles. The van der Waals surface area contributed by atoms with Crippen LogP contribution in [0.15, 0.2) is 4.99 Å². The first-order chi connectivity index (χ1) is 6.82. The fraction of sp³-hybridized carbons (Fsp3) is 0.833. The lowest BCUT2D eigenvalue weighted by Gasteiger charge is -2.18. The van der Waals surface area contributed by atoms with Gasteiger partial charge in [0.25, 0.3) is 0 Å². The SMILES string of the molecule is CC1(C)CCC(C2=[N+]([O-])C(C)(C)CC2)=N1. The third kappa shape index (κ3) is 1.80. The van der Waals surface area contributed by atoms with E-state index in [1.54, 1.807) is 0 Å². The van der Waals surface area contributed by atoms with Crippen molar-refractivity contribution in [3.8, 4) is 0 Å². The zero-order valence-corrected chi connectivity index (χ0v) is 10.1. The minimum Gasteiger partial charge on any atom is -0.623 e. The Labute approximate surface area is 91.5 Å². The predicted octanol–water partition coefficient (Wildman–Crippen LogP) is 2.52. The zero-order valence-electron chi connectivity index (χ0n) is 10.1. The molecule has 84 valence electrons. The number of nitrogens with zero attached hydrogens (tertiary/aromatic N) is 2. The van der Waals surface area contributed by atoms with Gasteiger partial charge in [-0.3, -0.25) is 4.99 Å². The van der Waals surface area contributed by atoms with Gasteiger partial charge >= 0.3 is 0 Å². The highest BCUT2D eigenvalue weighted by Crippen LogP contribution is 2.30. The van der Waals surface area contributed by atoms with Crippen molar-refractivity contribution in [3.63, 3.8) is 0 Å². The third-order valence-electron chi connectivity index (χ3n) is 3.51. The topological polar surface area (TPSA) is 38.4 Å². The van der Waals surface area contributed by atoms with Crippen LogP contribution in [0.25, 0.3) is 0 Å². The zero-order chi connectivity index (χ0) is 11.3. The molecule has 2 aliphatic heterocycles. The van der Waals surface area contributed by atoms with Crippen LogP contribution >= 0.6 is 0 Å². The van der Waals surface area contributed by atoms with E-state index in [-0.39, 0.29) is 11.1 Å². The molecule has 0 spiro atoms. The van der Waals surface area contributed by atoms with Crippen LogP contribution in [-0.4, -0.2) is 27.2 Å². The molecule has 2 aliphatic rings. The maximum Gasteiger partial charge on any atom is 0.209 e. The lowest BCUT2D eigenvalue weighted by Crippen LogP contribution is -2.31. The van der Waals surface area contributed by atoms with Gasteiger partial charge in [0.2, 0.25) is 5.71 Å². The first-order valence-corrected chi connectivity index (χ1v) is 5.74. The maximum absolute atomic E-state index is 12.0. The Bertz CT molecular complexity index is 351. The molecule has 0 unspecified atom stereocenters. The van der Waals surface area contributed by atoms with Crippen molar-refractivity contribution in [2.75, 3.05) is 0 Å². The van der Waals surface area contributed by atoms with Crippen LogP contribution in [0.3, 0.4) is 0 Å². The van der Waals surface area contributed by atoms with Crippen molar-refractivity contribution in [2.24, 2.45) is 4.99 Å². The van der Waals surface area contributed by atoms with E-state index in [0.29, 0.717) is 0 Å². The Morgan fingerprint density at radius 3 is 2.20 bits per heavy atom. The number of hydrogen-bond acceptors (Lipinski definition) is 2. The molecule has 2 rings (SSSR count). The van der Waals surface area contributed by atoms with Gasteiger partial charge in [-0.1, -0.05) is 0 Å². The summed E-state index contributed by atoms with van der Waals surface area (Å²) in [6.45, 7) is 8.28. The standard InChI is InChI=1S/C12H20N2O/c1-11(2)7-5-9(13-11)10-6-8-12(3,4)14(10)15/h5-8H2,1-4H3. The first kappa shape index (κ1) is 10.7. The number of hydrogen-bond donors (Lipinski definition) is 0. The van der Waals surface area contributed by atoms with Crippen LogP contribution < -0.4 is 0 Å². The van der Waals surface area contributed by atoms with Crippen LogP contribution in [0.2, 0.25) is 0 Å². The summed E-state index contributed by atoms with van der Waals surface area (Å²) in [5.41, 5.74) is 1.80. The molecule has 0 N–H and O–H groups in total. The van der Waals surface area contributed by atoms with Crippen molar-refractivity contribution >= 4 is 11.4 Å². The molecule has 0 saturated carbocycles. The number of hydroxylamine groups is 1. The highest BCUT2D eigenvalue weighted by Gasteiger charge is 2.40. The molecule has 0 aromatic carbocycles. The van der Waals surface area contributed by atoms with Gasteiger partial charge in [-0.15, -0.1) is 0 Å². The normalized spacial score (nSPS) is 28.4. The summed E-state index contributed by atoms with van der Waals surface area (Å²) in [7, 11) is 0. The quantitative estimate of drug-likeness (QED) is 0.482. The summed E-state index contributed by atoms with van der Waals surface area (Å²) in [5, 5.41) is 12.0. The monoisotopic (exact) mass is 208 g/mol. The fourth-order valence-electron chi connectivity index (χ4n) is 2.36. The van der Waals surface area contributed by atoms with Crippen LogP contribution in [-0.2, 0) is 0 Å². The largest absolute Gasteiger partial charge is 0.623 e. The molecular weight excluding hydrogens is 188 g/mol. The third-order valence-corrected chi connectivity index (χ3v) is 3.51. The molecule has 0 saturated heterocycles. The Balaban J connectivity index is 2.31. The van der Waals surface area contributed by atoms with Gasteiger partial charge in [0.15, 0.2) is 5.54 Å². The maximum atomic E-state index is 12.0. The van der Waals surface area contributed by atoms with E-state index in [9.17, 15) is 5.21 Å². The van der Waals surface area contributed by atoms with Crippen LogP contribution in [0.5, 0.6) is 0 Å². The van der Waals surface area contributed by atoms with E-state index in [1.807, 2.05) is 13.8 Å². The molecule has 0 bridgehead atoms. The first-order valence-electron chi connectivity index (χ1n) is 5.74. The Kier molecular flexibility index (Phi) is 2.18. The number of rotatable bonds is 1. The van der Waals surface area contributed by atoms with Crippen molar-refractivity contribution in [3.05, 3.63) is 5.21 Å². The minimum absolute atomic E-state index is 0.0376. The van der Waals surface area contributed by atoms with Gasteiger partial charge in [0.05, 0.1) is 5.54 Å². The highest BCUT2D eigenvalue weighted by atomic mass is 16.5. The summed E-state index contributed by atoms with van der Waals surface area (Å²) >= 11 is 0. The molecule has 15 heavy (non-hydrogen) atoms. The molecule has 0 aromatic heterocycles. The Hall–Kier alpha value is -0.860. The predicted molar refractivity (Wildman–Crippen MR) is 62.7 cm³/mol.